The molecule has 0 unspecified atom stereocenters. The highest BCUT2D eigenvalue weighted by Gasteiger charge is 2.19. The summed E-state index contributed by atoms with van der Waals surface area (Å²) in [5, 5.41) is 6.33. The van der Waals surface area contributed by atoms with Crippen molar-refractivity contribution in [2.75, 3.05) is 11.1 Å². The van der Waals surface area contributed by atoms with Gasteiger partial charge >= 0.3 is 0 Å². The Hall–Kier alpha value is -4.08. The number of hydrogen-bond donors (Lipinski definition) is 2. The normalized spacial score (nSPS) is 10.8. The van der Waals surface area contributed by atoms with Gasteiger partial charge in [-0.3, -0.25) is 10.1 Å². The molecular weight excluding hydrogens is 368 g/mol. The summed E-state index contributed by atoms with van der Waals surface area (Å²) in [5.41, 5.74) is 6.60. The van der Waals surface area contributed by atoms with Gasteiger partial charge < -0.3 is 10.3 Å². The van der Waals surface area contributed by atoms with Crippen LogP contribution in [0.15, 0.2) is 61.2 Å². The lowest BCUT2D eigenvalue weighted by atomic mass is 10.2. The molecule has 0 bridgehead atoms. The van der Waals surface area contributed by atoms with Crippen LogP contribution in [0.2, 0.25) is 0 Å². The summed E-state index contributed by atoms with van der Waals surface area (Å²) in [7, 11) is 0. The van der Waals surface area contributed by atoms with Crippen molar-refractivity contribution in [2.24, 2.45) is 0 Å². The van der Waals surface area contributed by atoms with E-state index in [4.69, 9.17) is 5.73 Å². The van der Waals surface area contributed by atoms with Gasteiger partial charge in [-0.2, -0.15) is 9.67 Å². The highest BCUT2D eigenvalue weighted by Crippen LogP contribution is 2.18. The zero-order valence-corrected chi connectivity index (χ0v) is 14.3. The second-order valence-corrected chi connectivity index (χ2v) is 5.74. The quantitative estimate of drug-likeness (QED) is 0.565. The second-order valence-electron chi connectivity index (χ2n) is 5.74. The van der Waals surface area contributed by atoms with E-state index in [1.54, 1.807) is 30.9 Å². The lowest BCUT2D eigenvalue weighted by Crippen LogP contribution is -2.16. The number of nitrogens with zero attached hydrogens (tertiary/aromatic N) is 5. The smallest absolute Gasteiger partial charge is 0.264 e. The van der Waals surface area contributed by atoms with Gasteiger partial charge in [-0.25, -0.2) is 13.8 Å². The first-order valence-electron chi connectivity index (χ1n) is 8.09. The van der Waals surface area contributed by atoms with Crippen LogP contribution in [0.1, 0.15) is 10.4 Å². The first kappa shape index (κ1) is 17.3. The highest BCUT2D eigenvalue weighted by atomic mass is 19.1. The SMILES string of the molecule is Nc1nc(NC(=O)c2c(F)cccc2F)nn1-c1ccc(-n2ccnc2)cc1. The molecule has 2 aromatic heterocycles. The summed E-state index contributed by atoms with van der Waals surface area (Å²) in [4.78, 5) is 20.1. The van der Waals surface area contributed by atoms with Crippen molar-refractivity contribution in [1.29, 1.82) is 0 Å². The summed E-state index contributed by atoms with van der Waals surface area (Å²) in [6.07, 6.45) is 5.12. The lowest BCUT2D eigenvalue weighted by Gasteiger charge is -2.05. The number of imidazole rings is 1. The van der Waals surface area contributed by atoms with Crippen LogP contribution in [0.25, 0.3) is 11.4 Å². The summed E-state index contributed by atoms with van der Waals surface area (Å²) in [6.45, 7) is 0. The predicted octanol–water partition coefficient (Wildman–Crippen LogP) is 2.57. The summed E-state index contributed by atoms with van der Waals surface area (Å²) in [6, 6.07) is 10.3. The first-order valence-corrected chi connectivity index (χ1v) is 8.09. The topological polar surface area (TPSA) is 104 Å². The van der Waals surface area contributed by atoms with Gasteiger partial charge in [0.1, 0.15) is 17.2 Å². The third kappa shape index (κ3) is 3.18. The molecule has 10 heteroatoms. The molecule has 0 aliphatic carbocycles. The van der Waals surface area contributed by atoms with Gasteiger partial charge in [0.2, 0.25) is 5.95 Å². The molecule has 0 saturated heterocycles. The number of hydrogen-bond acceptors (Lipinski definition) is 5. The number of nitrogen functional groups attached to an aromatic ring is 1. The van der Waals surface area contributed by atoms with Crippen LogP contribution in [0.4, 0.5) is 20.7 Å². The Morgan fingerprint density at radius 2 is 1.71 bits per heavy atom. The third-order valence-corrected chi connectivity index (χ3v) is 3.94. The van der Waals surface area contributed by atoms with Crippen LogP contribution in [0.5, 0.6) is 0 Å². The monoisotopic (exact) mass is 381 g/mol. The molecule has 4 rings (SSSR count). The molecule has 0 aliphatic rings. The fourth-order valence-corrected chi connectivity index (χ4v) is 2.62. The number of carbonyl (C=O) groups excluding carboxylic acids is 1. The number of anilines is 2. The molecule has 2 aromatic carbocycles. The molecule has 4 aromatic rings. The van der Waals surface area contributed by atoms with Crippen LogP contribution < -0.4 is 11.1 Å². The van der Waals surface area contributed by atoms with E-state index >= 15 is 0 Å². The standard InChI is InChI=1S/C18H13F2N7O/c19-13-2-1-3-14(20)15(13)16(28)23-18-24-17(21)27(25-18)12-6-4-11(5-7-12)26-9-8-22-10-26/h1-10H,(H3,21,23,24,25,28). The molecule has 0 spiro atoms. The van der Waals surface area contributed by atoms with Crippen molar-refractivity contribution in [1.82, 2.24) is 24.3 Å². The van der Waals surface area contributed by atoms with Gasteiger partial charge in [-0.05, 0) is 36.4 Å². The Kier molecular flexibility index (Phi) is 4.28. The zero-order valence-electron chi connectivity index (χ0n) is 14.3. The molecular formula is C18H13F2N7O. The minimum atomic E-state index is -1.01. The Balaban J connectivity index is 1.58. The average Bonchev–Trinajstić information content (AvgIpc) is 3.32. The van der Waals surface area contributed by atoms with Crippen LogP contribution >= 0.6 is 0 Å². The van der Waals surface area contributed by atoms with Gasteiger partial charge in [-0.15, -0.1) is 5.10 Å². The minimum Gasteiger partial charge on any atom is -0.368 e. The minimum absolute atomic E-state index is 0.000290. The largest absolute Gasteiger partial charge is 0.368 e. The summed E-state index contributed by atoms with van der Waals surface area (Å²) < 4.78 is 30.6. The van der Waals surface area contributed by atoms with Gasteiger partial charge in [0.15, 0.2) is 0 Å². The van der Waals surface area contributed by atoms with Crippen molar-refractivity contribution < 1.29 is 13.6 Å². The fraction of sp³-hybridized carbons (Fsp3) is 0. The van der Waals surface area contributed by atoms with E-state index in [0.29, 0.717) is 5.69 Å². The number of aromatic nitrogens is 5. The second kappa shape index (κ2) is 6.91. The van der Waals surface area contributed by atoms with Gasteiger partial charge in [-0.1, -0.05) is 6.07 Å². The average molecular weight is 381 g/mol. The van der Waals surface area contributed by atoms with Crippen LogP contribution in [0, 0.1) is 11.6 Å². The fourth-order valence-electron chi connectivity index (χ4n) is 2.62. The van der Waals surface area contributed by atoms with Crippen molar-refractivity contribution in [3.05, 3.63) is 78.4 Å². The maximum atomic E-state index is 13.7. The maximum absolute atomic E-state index is 13.7. The Morgan fingerprint density at radius 1 is 1.04 bits per heavy atom. The molecule has 0 saturated carbocycles. The van der Waals surface area contributed by atoms with Crippen molar-refractivity contribution in [3.8, 4) is 11.4 Å². The Bertz CT molecular complexity index is 1120. The van der Waals surface area contributed by atoms with Gasteiger partial charge in [0, 0.05) is 18.1 Å². The van der Waals surface area contributed by atoms with Crippen LogP contribution in [-0.4, -0.2) is 30.2 Å². The number of nitrogens with two attached hydrogens (primary N) is 1. The number of halogens is 2. The molecule has 0 atom stereocenters. The van der Waals surface area contributed by atoms with Gasteiger partial charge in [0.05, 0.1) is 12.0 Å². The molecule has 3 N–H and O–H groups in total. The molecule has 0 radical (unpaired) electrons. The molecule has 2 heterocycles. The summed E-state index contributed by atoms with van der Waals surface area (Å²) >= 11 is 0. The van der Waals surface area contributed by atoms with E-state index in [0.717, 1.165) is 17.8 Å². The molecule has 28 heavy (non-hydrogen) atoms. The summed E-state index contributed by atoms with van der Waals surface area (Å²) in [5.74, 6) is -3.16. The van der Waals surface area contributed by atoms with Gasteiger partial charge in [0.25, 0.3) is 11.9 Å². The van der Waals surface area contributed by atoms with Crippen LogP contribution in [-0.2, 0) is 0 Å². The third-order valence-electron chi connectivity index (χ3n) is 3.94. The number of carbonyl (C=O) groups is 1. The number of benzene rings is 2. The number of nitrogens with one attached hydrogen (secondary N) is 1. The van der Waals surface area contributed by atoms with E-state index in [-0.39, 0.29) is 11.9 Å². The highest BCUT2D eigenvalue weighted by molar-refractivity contribution is 6.03. The zero-order chi connectivity index (χ0) is 19.7. The maximum Gasteiger partial charge on any atom is 0.264 e. The van der Waals surface area contributed by atoms with E-state index in [2.05, 4.69) is 20.4 Å². The van der Waals surface area contributed by atoms with E-state index < -0.39 is 23.1 Å². The lowest BCUT2D eigenvalue weighted by molar-refractivity contribution is 0.101. The first-order chi connectivity index (χ1) is 13.5. The number of amides is 1. The van der Waals surface area contributed by atoms with Crippen molar-refractivity contribution in [3.63, 3.8) is 0 Å². The van der Waals surface area contributed by atoms with E-state index in [1.165, 1.54) is 10.7 Å². The molecule has 140 valence electrons. The van der Waals surface area contributed by atoms with E-state index in [1.807, 2.05) is 16.7 Å². The van der Waals surface area contributed by atoms with E-state index in [9.17, 15) is 13.6 Å². The Morgan fingerprint density at radius 3 is 2.36 bits per heavy atom. The molecule has 0 aliphatic heterocycles. The molecule has 1 amide bonds. The Labute approximate surface area is 157 Å². The number of rotatable bonds is 4. The molecule has 0 fully saturated rings. The van der Waals surface area contributed by atoms with Crippen molar-refractivity contribution >= 4 is 17.8 Å². The molecule has 8 nitrogen and oxygen atoms in total. The van der Waals surface area contributed by atoms with Crippen molar-refractivity contribution in [2.45, 2.75) is 0 Å². The van der Waals surface area contributed by atoms with Crippen LogP contribution in [0.3, 0.4) is 0 Å². The predicted molar refractivity (Wildman–Crippen MR) is 97.2 cm³/mol.